The van der Waals surface area contributed by atoms with Gasteiger partial charge in [0.05, 0.1) is 23.6 Å². The summed E-state index contributed by atoms with van der Waals surface area (Å²) in [6.07, 6.45) is 0.773. The number of carbonyl (C=O) groups excluding carboxylic acids is 1. The zero-order valence-corrected chi connectivity index (χ0v) is 13.9. The summed E-state index contributed by atoms with van der Waals surface area (Å²) in [7, 11) is 2.41. The third-order valence-corrected chi connectivity index (χ3v) is 4.66. The Labute approximate surface area is 132 Å². The molecule has 4 nitrogen and oxygen atoms in total. The zero-order valence-electron chi connectivity index (χ0n) is 12.8. The Bertz CT molecular complexity index is 614. The molecule has 3 unspecified atom stereocenters. The van der Waals surface area contributed by atoms with Gasteiger partial charge in [-0.25, -0.2) is 4.39 Å². The van der Waals surface area contributed by atoms with Crippen LogP contribution in [0.4, 0.5) is 4.39 Å². The van der Waals surface area contributed by atoms with E-state index in [2.05, 4.69) is 15.3 Å². The van der Waals surface area contributed by atoms with E-state index in [4.69, 9.17) is 5.73 Å². The van der Waals surface area contributed by atoms with Crippen LogP contribution in [0.25, 0.3) is 0 Å². The summed E-state index contributed by atoms with van der Waals surface area (Å²) in [5.74, 6) is -0.452. The molecule has 1 aromatic rings. The predicted octanol–water partition coefficient (Wildman–Crippen LogP) is 2.22. The van der Waals surface area contributed by atoms with Crippen LogP contribution in [0, 0.1) is 22.6 Å². The number of nitrogens with zero attached hydrogens (tertiary/aromatic N) is 2. The van der Waals surface area contributed by atoms with Gasteiger partial charge in [0, 0.05) is 12.2 Å². The number of amides is 1. The molecule has 1 fully saturated rings. The Morgan fingerprint density at radius 2 is 2.27 bits per heavy atom. The molecule has 0 radical (unpaired) electrons. The molecule has 4 atom stereocenters. The molecule has 1 aromatic carbocycles. The summed E-state index contributed by atoms with van der Waals surface area (Å²) >= 11 is 0. The van der Waals surface area contributed by atoms with E-state index in [-0.39, 0.29) is 30.0 Å². The molecule has 22 heavy (non-hydrogen) atoms. The van der Waals surface area contributed by atoms with Gasteiger partial charge in [0.2, 0.25) is 5.91 Å². The van der Waals surface area contributed by atoms with Gasteiger partial charge in [0.15, 0.2) is 0 Å². The maximum Gasteiger partial charge on any atom is 0.227 e. The van der Waals surface area contributed by atoms with E-state index < -0.39 is 11.5 Å². The number of nitriles is 1. The first-order valence-corrected chi connectivity index (χ1v) is 8.07. The van der Waals surface area contributed by atoms with Crippen molar-refractivity contribution in [1.82, 2.24) is 4.90 Å². The zero-order chi connectivity index (χ0) is 16.5. The molecule has 1 aliphatic heterocycles. The second-order valence-corrected chi connectivity index (χ2v) is 6.66. The summed E-state index contributed by atoms with van der Waals surface area (Å²) in [5.41, 5.74) is 6.22. The SMILES string of the molecule is CC(C)(C#N)C1C[C@H](N)C(c2cccc(F)c2)N1C(=O)CP. The van der Waals surface area contributed by atoms with E-state index in [1.807, 2.05) is 0 Å². The van der Waals surface area contributed by atoms with E-state index in [1.54, 1.807) is 30.9 Å². The number of benzene rings is 1. The van der Waals surface area contributed by atoms with Crippen LogP contribution in [0.3, 0.4) is 0 Å². The van der Waals surface area contributed by atoms with Crippen molar-refractivity contribution >= 4 is 15.1 Å². The second-order valence-electron chi connectivity index (χ2n) is 6.25. The molecule has 0 bridgehead atoms. The quantitative estimate of drug-likeness (QED) is 0.868. The van der Waals surface area contributed by atoms with Gasteiger partial charge in [0.25, 0.3) is 0 Å². The van der Waals surface area contributed by atoms with Gasteiger partial charge in [-0.15, -0.1) is 9.24 Å². The number of likely N-dealkylation sites (tertiary alicyclic amines) is 1. The van der Waals surface area contributed by atoms with Crippen LogP contribution >= 0.6 is 9.24 Å². The lowest BCUT2D eigenvalue weighted by Crippen LogP contribution is -2.45. The monoisotopic (exact) mass is 321 g/mol. The molecule has 0 saturated carbocycles. The fraction of sp³-hybridized carbons (Fsp3) is 0.500. The lowest BCUT2D eigenvalue weighted by Gasteiger charge is -2.36. The van der Waals surface area contributed by atoms with Crippen LogP contribution in [0.1, 0.15) is 31.9 Å². The Morgan fingerprint density at radius 1 is 1.59 bits per heavy atom. The van der Waals surface area contributed by atoms with Crippen LogP contribution in [0.15, 0.2) is 24.3 Å². The molecule has 6 heteroatoms. The van der Waals surface area contributed by atoms with Gasteiger partial charge in [-0.3, -0.25) is 4.79 Å². The Balaban J connectivity index is 2.48. The maximum atomic E-state index is 13.6. The molecule has 0 spiro atoms. The van der Waals surface area contributed by atoms with Gasteiger partial charge < -0.3 is 10.6 Å². The summed E-state index contributed by atoms with van der Waals surface area (Å²) in [6.45, 7) is 3.61. The molecule has 0 aromatic heterocycles. The first-order chi connectivity index (χ1) is 10.3. The fourth-order valence-corrected chi connectivity index (χ4v) is 3.36. The third kappa shape index (κ3) is 2.99. The summed E-state index contributed by atoms with van der Waals surface area (Å²) in [4.78, 5) is 14.1. The van der Waals surface area contributed by atoms with Gasteiger partial charge in [-0.2, -0.15) is 5.26 Å². The number of hydrogen-bond acceptors (Lipinski definition) is 3. The van der Waals surface area contributed by atoms with Gasteiger partial charge in [-0.05, 0) is 38.0 Å². The third-order valence-electron chi connectivity index (χ3n) is 4.31. The topological polar surface area (TPSA) is 70.1 Å². The summed E-state index contributed by atoms with van der Waals surface area (Å²) in [6, 6.07) is 7.43. The van der Waals surface area contributed by atoms with Crippen LogP contribution in [-0.2, 0) is 4.79 Å². The van der Waals surface area contributed by atoms with Crippen LogP contribution in [0.2, 0.25) is 0 Å². The summed E-state index contributed by atoms with van der Waals surface area (Å²) < 4.78 is 13.6. The van der Waals surface area contributed by atoms with Crippen LogP contribution in [0.5, 0.6) is 0 Å². The van der Waals surface area contributed by atoms with Crippen molar-refractivity contribution in [2.45, 2.75) is 38.4 Å². The van der Waals surface area contributed by atoms with E-state index in [9.17, 15) is 14.4 Å². The first kappa shape index (κ1) is 16.9. The molecule has 118 valence electrons. The van der Waals surface area contributed by atoms with E-state index in [0.29, 0.717) is 12.0 Å². The molecular weight excluding hydrogens is 300 g/mol. The Hall–Kier alpha value is -1.50. The van der Waals surface area contributed by atoms with E-state index >= 15 is 0 Å². The predicted molar refractivity (Wildman–Crippen MR) is 86.3 cm³/mol. The molecule has 0 aliphatic carbocycles. The minimum atomic E-state index is -0.713. The highest BCUT2D eigenvalue weighted by molar-refractivity contribution is 7.18. The lowest BCUT2D eigenvalue weighted by molar-refractivity contribution is -0.133. The van der Waals surface area contributed by atoms with Crippen LogP contribution < -0.4 is 5.73 Å². The van der Waals surface area contributed by atoms with E-state index in [0.717, 1.165) is 0 Å². The van der Waals surface area contributed by atoms with Gasteiger partial charge in [-0.1, -0.05) is 12.1 Å². The summed E-state index contributed by atoms with van der Waals surface area (Å²) in [5, 5.41) is 9.42. The lowest BCUT2D eigenvalue weighted by atomic mass is 9.84. The normalized spacial score (nSPS) is 25.1. The van der Waals surface area contributed by atoms with Crippen molar-refractivity contribution in [2.24, 2.45) is 11.1 Å². The van der Waals surface area contributed by atoms with Crippen molar-refractivity contribution < 1.29 is 9.18 Å². The highest BCUT2D eigenvalue weighted by Gasteiger charge is 2.48. The van der Waals surface area contributed by atoms with Crippen molar-refractivity contribution in [3.63, 3.8) is 0 Å². The highest BCUT2D eigenvalue weighted by Crippen LogP contribution is 2.42. The average molecular weight is 321 g/mol. The number of nitrogens with two attached hydrogens (primary N) is 1. The molecule has 1 aliphatic rings. The molecule has 1 saturated heterocycles. The minimum absolute atomic E-state index is 0.0967. The number of rotatable bonds is 3. The van der Waals surface area contributed by atoms with E-state index in [1.165, 1.54) is 12.1 Å². The molecule has 2 rings (SSSR count). The maximum absolute atomic E-state index is 13.6. The molecule has 1 heterocycles. The molecule has 2 N–H and O–H groups in total. The Kier molecular flexibility index (Phi) is 4.84. The number of carbonyl (C=O) groups is 1. The molecule has 1 amide bonds. The second kappa shape index (κ2) is 6.32. The van der Waals surface area contributed by atoms with Crippen molar-refractivity contribution in [3.8, 4) is 6.07 Å². The smallest absolute Gasteiger partial charge is 0.227 e. The number of halogens is 1. The van der Waals surface area contributed by atoms with Crippen LogP contribution in [-0.4, -0.2) is 29.1 Å². The minimum Gasteiger partial charge on any atom is -0.329 e. The first-order valence-electron chi connectivity index (χ1n) is 7.25. The molecular formula is C16H21FN3OP. The number of hydrogen-bond donors (Lipinski definition) is 1. The van der Waals surface area contributed by atoms with Crippen molar-refractivity contribution in [3.05, 3.63) is 35.6 Å². The largest absolute Gasteiger partial charge is 0.329 e. The van der Waals surface area contributed by atoms with Crippen molar-refractivity contribution in [2.75, 3.05) is 6.16 Å². The standard InChI is InChI=1S/C16H21FN3OP/c1-16(2,9-18)13-7-12(19)15(20(13)14(21)8-22)10-4-3-5-11(17)6-10/h3-6,12-13,15H,7-8,19,22H2,1-2H3/t12-,13?,15?/m0/s1. The van der Waals surface area contributed by atoms with Gasteiger partial charge >= 0.3 is 0 Å². The fourth-order valence-electron chi connectivity index (χ4n) is 3.15. The van der Waals surface area contributed by atoms with Gasteiger partial charge in [0.1, 0.15) is 5.82 Å². The van der Waals surface area contributed by atoms with Crippen molar-refractivity contribution in [1.29, 1.82) is 5.26 Å². The Morgan fingerprint density at radius 3 is 2.82 bits per heavy atom. The highest BCUT2D eigenvalue weighted by atomic mass is 31.0. The average Bonchev–Trinajstić information content (AvgIpc) is 2.84.